The highest BCUT2D eigenvalue weighted by molar-refractivity contribution is 7.89. The third-order valence-corrected chi connectivity index (χ3v) is 7.71. The monoisotopic (exact) mass is 488 g/mol. The number of nitrogens with one attached hydrogen (secondary N) is 1. The molecule has 1 aliphatic heterocycles. The number of nitrogens with zero attached hydrogens (tertiary/aromatic N) is 1. The van der Waals surface area contributed by atoms with Crippen molar-refractivity contribution in [2.45, 2.75) is 38.5 Å². The maximum atomic E-state index is 13.4. The molecule has 0 spiro atoms. The molecule has 0 radical (unpaired) electrons. The molecule has 0 aliphatic carbocycles. The van der Waals surface area contributed by atoms with Crippen molar-refractivity contribution in [2.24, 2.45) is 11.8 Å². The van der Waals surface area contributed by atoms with Crippen LogP contribution in [0.15, 0.2) is 47.4 Å². The molecule has 3 rings (SSSR count). The maximum absolute atomic E-state index is 13.4. The zero-order valence-corrected chi connectivity index (χ0v) is 20.9. The number of ether oxygens (including phenoxy) is 2. The quantitative estimate of drug-likeness (QED) is 0.568. The Balaban J connectivity index is 1.74. The van der Waals surface area contributed by atoms with Gasteiger partial charge in [-0.25, -0.2) is 13.2 Å². The van der Waals surface area contributed by atoms with Crippen molar-refractivity contribution in [2.75, 3.05) is 32.1 Å². The second-order valence-corrected chi connectivity index (χ2v) is 10.7. The van der Waals surface area contributed by atoms with Gasteiger partial charge in [-0.1, -0.05) is 39.0 Å². The Kier molecular flexibility index (Phi) is 8.33. The molecule has 1 amide bonds. The maximum Gasteiger partial charge on any atom is 0.338 e. The van der Waals surface area contributed by atoms with Crippen LogP contribution in [-0.2, 0) is 26.0 Å². The number of aryl methyl sites for hydroxylation is 1. The number of amides is 1. The number of anilines is 1. The van der Waals surface area contributed by atoms with E-state index in [2.05, 4.69) is 5.32 Å². The zero-order valence-electron chi connectivity index (χ0n) is 20.0. The Bertz CT molecular complexity index is 1140. The third-order valence-electron chi connectivity index (χ3n) is 5.86. The van der Waals surface area contributed by atoms with E-state index in [0.717, 1.165) is 18.4 Å². The molecule has 2 aromatic rings. The van der Waals surface area contributed by atoms with E-state index in [0.29, 0.717) is 18.8 Å². The van der Waals surface area contributed by atoms with Crippen LogP contribution in [0.4, 0.5) is 5.69 Å². The topological polar surface area (TPSA) is 102 Å². The lowest BCUT2D eigenvalue weighted by Gasteiger charge is -2.34. The number of para-hydroxylation sites is 1. The van der Waals surface area contributed by atoms with Crippen LogP contribution >= 0.6 is 0 Å². The van der Waals surface area contributed by atoms with E-state index >= 15 is 0 Å². The molecular formula is C25H32N2O6S. The number of benzene rings is 2. The van der Waals surface area contributed by atoms with E-state index in [1.165, 1.54) is 29.6 Å². The highest BCUT2D eigenvalue weighted by Crippen LogP contribution is 2.32. The average molecular weight is 489 g/mol. The third kappa shape index (κ3) is 5.95. The van der Waals surface area contributed by atoms with Gasteiger partial charge in [0.15, 0.2) is 6.61 Å². The Morgan fingerprint density at radius 1 is 1.09 bits per heavy atom. The molecule has 9 heteroatoms. The second kappa shape index (κ2) is 11.0. The molecule has 184 valence electrons. The fraction of sp³-hybridized carbons (Fsp3) is 0.440. The van der Waals surface area contributed by atoms with E-state index in [4.69, 9.17) is 9.47 Å². The molecule has 34 heavy (non-hydrogen) atoms. The molecule has 8 nitrogen and oxygen atoms in total. The van der Waals surface area contributed by atoms with Gasteiger partial charge in [0.1, 0.15) is 10.6 Å². The van der Waals surface area contributed by atoms with Crippen LogP contribution in [0.1, 0.15) is 43.1 Å². The molecule has 0 aromatic heterocycles. The summed E-state index contributed by atoms with van der Waals surface area (Å²) < 4.78 is 38.7. The van der Waals surface area contributed by atoms with E-state index in [1.807, 2.05) is 39.0 Å². The molecule has 2 atom stereocenters. The molecule has 1 fully saturated rings. The minimum absolute atomic E-state index is 0.0271. The summed E-state index contributed by atoms with van der Waals surface area (Å²) in [5, 5.41) is 2.73. The van der Waals surface area contributed by atoms with Gasteiger partial charge < -0.3 is 14.8 Å². The van der Waals surface area contributed by atoms with Gasteiger partial charge in [0, 0.05) is 18.8 Å². The first-order valence-corrected chi connectivity index (χ1v) is 12.8. The minimum atomic E-state index is -3.89. The highest BCUT2D eigenvalue weighted by atomic mass is 32.2. The molecule has 1 heterocycles. The van der Waals surface area contributed by atoms with Crippen LogP contribution in [0.25, 0.3) is 0 Å². The van der Waals surface area contributed by atoms with Crippen molar-refractivity contribution in [3.05, 3.63) is 53.6 Å². The predicted molar refractivity (Wildman–Crippen MR) is 129 cm³/mol. The summed E-state index contributed by atoms with van der Waals surface area (Å²) in [7, 11) is -2.50. The van der Waals surface area contributed by atoms with Gasteiger partial charge in [-0.3, -0.25) is 4.79 Å². The number of piperidine rings is 1. The van der Waals surface area contributed by atoms with E-state index in [-0.39, 0.29) is 28.0 Å². The summed E-state index contributed by atoms with van der Waals surface area (Å²) in [6, 6.07) is 11.5. The molecule has 0 saturated carbocycles. The van der Waals surface area contributed by atoms with Crippen LogP contribution in [0, 0.1) is 11.8 Å². The number of methoxy groups -OCH3 is 1. The predicted octanol–water partition coefficient (Wildman–Crippen LogP) is 3.72. The van der Waals surface area contributed by atoms with Gasteiger partial charge in [0.2, 0.25) is 10.0 Å². The fourth-order valence-corrected chi connectivity index (χ4v) is 6.16. The van der Waals surface area contributed by atoms with Gasteiger partial charge in [-0.2, -0.15) is 4.31 Å². The molecule has 1 aliphatic rings. The number of carbonyl (C=O) groups is 2. The smallest absolute Gasteiger partial charge is 0.338 e. The first kappa shape index (κ1) is 25.7. The van der Waals surface area contributed by atoms with Crippen LogP contribution < -0.4 is 10.1 Å². The van der Waals surface area contributed by atoms with Gasteiger partial charge in [0.05, 0.1) is 12.7 Å². The first-order valence-electron chi connectivity index (χ1n) is 11.4. The molecule has 2 unspecified atom stereocenters. The summed E-state index contributed by atoms with van der Waals surface area (Å²) in [6.07, 6.45) is 1.70. The number of rotatable bonds is 8. The molecule has 2 aromatic carbocycles. The van der Waals surface area contributed by atoms with Crippen molar-refractivity contribution in [3.63, 3.8) is 0 Å². The molecular weight excluding hydrogens is 456 g/mol. The fourth-order valence-electron chi connectivity index (χ4n) is 4.30. The molecule has 0 bridgehead atoms. The van der Waals surface area contributed by atoms with Gasteiger partial charge in [-0.15, -0.1) is 0 Å². The zero-order chi connectivity index (χ0) is 24.9. The standard InChI is InChI=1S/C25H32N2O6S/c1-5-19-8-6-7-9-21(19)26-24(28)16-33-25(29)20-10-11-22(32-4)23(13-20)34(30,31)27-14-17(2)12-18(3)15-27/h6-11,13,17-18H,5,12,14-16H2,1-4H3,(H,26,28). The number of hydrogen-bond donors (Lipinski definition) is 1. The summed E-state index contributed by atoms with van der Waals surface area (Å²) in [5.74, 6) is -0.662. The lowest BCUT2D eigenvalue weighted by molar-refractivity contribution is -0.119. The Morgan fingerprint density at radius 3 is 2.41 bits per heavy atom. The van der Waals surface area contributed by atoms with Gasteiger partial charge in [0.25, 0.3) is 5.91 Å². The minimum Gasteiger partial charge on any atom is -0.495 e. The van der Waals surface area contributed by atoms with Gasteiger partial charge in [-0.05, 0) is 54.5 Å². The Labute approximate surface area is 201 Å². The van der Waals surface area contributed by atoms with Crippen molar-refractivity contribution in [3.8, 4) is 5.75 Å². The number of carbonyl (C=O) groups excluding carboxylic acids is 2. The van der Waals surface area contributed by atoms with Crippen LogP contribution in [-0.4, -0.2) is 51.4 Å². The first-order chi connectivity index (χ1) is 16.1. The van der Waals surface area contributed by atoms with Crippen LogP contribution in [0.3, 0.4) is 0 Å². The molecule has 1 N–H and O–H groups in total. The van der Waals surface area contributed by atoms with Crippen molar-refractivity contribution in [1.29, 1.82) is 0 Å². The largest absolute Gasteiger partial charge is 0.495 e. The van der Waals surface area contributed by atoms with Gasteiger partial charge >= 0.3 is 5.97 Å². The Hall–Kier alpha value is -2.91. The highest BCUT2D eigenvalue weighted by Gasteiger charge is 2.34. The number of hydrogen-bond acceptors (Lipinski definition) is 6. The van der Waals surface area contributed by atoms with E-state index < -0.39 is 28.5 Å². The van der Waals surface area contributed by atoms with Crippen molar-refractivity contribution < 1.29 is 27.5 Å². The summed E-state index contributed by atoms with van der Waals surface area (Å²) in [6.45, 7) is 6.34. The second-order valence-electron chi connectivity index (χ2n) is 8.77. The number of esters is 1. The van der Waals surface area contributed by atoms with E-state index in [1.54, 1.807) is 6.07 Å². The summed E-state index contributed by atoms with van der Waals surface area (Å²) in [5.41, 5.74) is 1.65. The SMILES string of the molecule is CCc1ccccc1NC(=O)COC(=O)c1ccc(OC)c(S(=O)(=O)N2CC(C)CC(C)C2)c1. The summed E-state index contributed by atoms with van der Waals surface area (Å²) >= 11 is 0. The lowest BCUT2D eigenvalue weighted by Crippen LogP contribution is -2.42. The lowest BCUT2D eigenvalue weighted by atomic mass is 9.94. The van der Waals surface area contributed by atoms with Crippen LogP contribution in [0.2, 0.25) is 0 Å². The van der Waals surface area contributed by atoms with Crippen LogP contribution in [0.5, 0.6) is 5.75 Å². The summed E-state index contributed by atoms with van der Waals surface area (Å²) in [4.78, 5) is 24.8. The van der Waals surface area contributed by atoms with E-state index in [9.17, 15) is 18.0 Å². The normalized spacial score (nSPS) is 18.8. The average Bonchev–Trinajstić information content (AvgIpc) is 2.81. The molecule has 1 saturated heterocycles. The van der Waals surface area contributed by atoms with Crippen molar-refractivity contribution in [1.82, 2.24) is 4.31 Å². The Morgan fingerprint density at radius 2 is 1.76 bits per heavy atom. The number of sulfonamides is 1. The van der Waals surface area contributed by atoms with Crippen molar-refractivity contribution >= 4 is 27.6 Å².